The summed E-state index contributed by atoms with van der Waals surface area (Å²) in [6.07, 6.45) is 1.49. The van der Waals surface area contributed by atoms with Crippen molar-refractivity contribution in [1.82, 2.24) is 9.55 Å². The van der Waals surface area contributed by atoms with Gasteiger partial charge in [0.15, 0.2) is 28.5 Å². The number of fused-ring (bicyclic) bond motifs is 1. The molecule has 2 aromatic heterocycles. The van der Waals surface area contributed by atoms with Crippen LogP contribution in [0.15, 0.2) is 63.9 Å². The van der Waals surface area contributed by atoms with Gasteiger partial charge in [0.25, 0.3) is 5.56 Å². The Bertz CT molecular complexity index is 1250. The van der Waals surface area contributed by atoms with Crippen molar-refractivity contribution in [2.45, 2.75) is 13.8 Å². The summed E-state index contributed by atoms with van der Waals surface area (Å²) in [5.41, 5.74) is 2.40. The molecule has 0 fully saturated rings. The van der Waals surface area contributed by atoms with Gasteiger partial charge >= 0.3 is 0 Å². The van der Waals surface area contributed by atoms with Crippen LogP contribution in [0.2, 0.25) is 0 Å². The number of aromatic nitrogens is 2. The Morgan fingerprint density at radius 1 is 1.07 bits per heavy atom. The first-order chi connectivity index (χ1) is 13.0. The van der Waals surface area contributed by atoms with Crippen LogP contribution in [0.5, 0.6) is 5.75 Å². The van der Waals surface area contributed by atoms with Gasteiger partial charge in [-0.1, -0.05) is 18.2 Å². The Labute approximate surface area is 154 Å². The first-order valence-electron chi connectivity index (χ1n) is 8.38. The summed E-state index contributed by atoms with van der Waals surface area (Å²) in [4.78, 5) is 29.4. The van der Waals surface area contributed by atoms with Crippen molar-refractivity contribution >= 4 is 16.9 Å². The number of carbonyl (C=O) groups excluding carboxylic acids is 1. The van der Waals surface area contributed by atoms with Crippen LogP contribution in [-0.4, -0.2) is 20.4 Å². The highest BCUT2D eigenvalue weighted by molar-refractivity contribution is 6.12. The Morgan fingerprint density at radius 3 is 2.63 bits per heavy atom. The molecule has 2 aromatic carbocycles. The number of hydrogen-bond donors (Lipinski definition) is 1. The normalized spacial score (nSPS) is 11.0. The van der Waals surface area contributed by atoms with Crippen molar-refractivity contribution in [3.8, 4) is 11.4 Å². The van der Waals surface area contributed by atoms with Crippen LogP contribution in [0.4, 0.5) is 0 Å². The molecule has 0 saturated heterocycles. The topological polar surface area (TPSA) is 85.3 Å². The summed E-state index contributed by atoms with van der Waals surface area (Å²) < 4.78 is 6.80. The number of para-hydroxylation sites is 1. The summed E-state index contributed by atoms with van der Waals surface area (Å²) in [5, 5.41) is 10.5. The van der Waals surface area contributed by atoms with E-state index in [-0.39, 0.29) is 28.0 Å². The number of ketones is 1. The van der Waals surface area contributed by atoms with Gasteiger partial charge in [0.1, 0.15) is 0 Å². The Hall–Kier alpha value is -3.67. The Morgan fingerprint density at radius 2 is 1.85 bits per heavy atom. The highest BCUT2D eigenvalue weighted by Gasteiger charge is 2.19. The molecule has 4 rings (SSSR count). The SMILES string of the molecule is Cc1nc2c(O)c(C(=O)c3ccc(=O)n(-c4ccccc4C)c3)ccc2o1. The molecule has 0 bridgehead atoms. The van der Waals surface area contributed by atoms with E-state index in [2.05, 4.69) is 4.98 Å². The number of benzene rings is 2. The number of pyridine rings is 1. The van der Waals surface area contributed by atoms with Crippen molar-refractivity contribution in [1.29, 1.82) is 0 Å². The summed E-state index contributed by atoms with van der Waals surface area (Å²) in [6.45, 7) is 3.56. The van der Waals surface area contributed by atoms with E-state index in [1.165, 1.54) is 29.0 Å². The lowest BCUT2D eigenvalue weighted by Crippen LogP contribution is -2.19. The second kappa shape index (κ2) is 6.25. The quantitative estimate of drug-likeness (QED) is 0.565. The fourth-order valence-electron chi connectivity index (χ4n) is 3.07. The summed E-state index contributed by atoms with van der Waals surface area (Å²) >= 11 is 0. The van der Waals surface area contributed by atoms with E-state index in [0.717, 1.165) is 5.56 Å². The maximum atomic E-state index is 13.0. The molecule has 6 nitrogen and oxygen atoms in total. The van der Waals surface area contributed by atoms with Gasteiger partial charge in [0, 0.05) is 24.8 Å². The number of rotatable bonds is 3. The van der Waals surface area contributed by atoms with E-state index in [4.69, 9.17) is 4.42 Å². The molecule has 0 unspecified atom stereocenters. The zero-order valence-electron chi connectivity index (χ0n) is 14.8. The average molecular weight is 360 g/mol. The minimum absolute atomic E-state index is 0.103. The Kier molecular flexibility index (Phi) is 3.88. The van der Waals surface area contributed by atoms with Gasteiger partial charge in [0.05, 0.1) is 11.3 Å². The molecule has 0 radical (unpaired) electrons. The van der Waals surface area contributed by atoms with Gasteiger partial charge in [0.2, 0.25) is 0 Å². The van der Waals surface area contributed by atoms with Gasteiger partial charge in [-0.05, 0) is 36.8 Å². The molecule has 0 aliphatic carbocycles. The van der Waals surface area contributed by atoms with E-state index in [0.29, 0.717) is 17.2 Å². The van der Waals surface area contributed by atoms with Crippen molar-refractivity contribution in [3.05, 3.63) is 87.7 Å². The zero-order chi connectivity index (χ0) is 19.1. The van der Waals surface area contributed by atoms with Crippen molar-refractivity contribution in [3.63, 3.8) is 0 Å². The van der Waals surface area contributed by atoms with E-state index in [1.54, 1.807) is 13.0 Å². The zero-order valence-corrected chi connectivity index (χ0v) is 14.8. The predicted octanol–water partition coefficient (Wildman–Crippen LogP) is 3.53. The third kappa shape index (κ3) is 2.81. The molecule has 0 saturated carbocycles. The molecule has 1 N–H and O–H groups in total. The molecular formula is C21H16N2O4. The largest absolute Gasteiger partial charge is 0.505 e. The molecule has 0 amide bonds. The molecule has 0 spiro atoms. The summed E-state index contributed by atoms with van der Waals surface area (Å²) in [6, 6.07) is 13.3. The summed E-state index contributed by atoms with van der Waals surface area (Å²) in [7, 11) is 0. The van der Waals surface area contributed by atoms with Gasteiger partial charge in [-0.15, -0.1) is 0 Å². The molecule has 0 aliphatic rings. The monoisotopic (exact) mass is 360 g/mol. The summed E-state index contributed by atoms with van der Waals surface area (Å²) in [5.74, 6) is -0.238. The average Bonchev–Trinajstić information content (AvgIpc) is 3.04. The van der Waals surface area contributed by atoms with Gasteiger partial charge in [-0.3, -0.25) is 14.2 Å². The van der Waals surface area contributed by atoms with Crippen LogP contribution >= 0.6 is 0 Å². The van der Waals surface area contributed by atoms with Crippen LogP contribution in [0.1, 0.15) is 27.4 Å². The number of phenols is 1. The number of phenolic OH excluding ortho intramolecular Hbond substituents is 1. The van der Waals surface area contributed by atoms with E-state index in [9.17, 15) is 14.7 Å². The molecular weight excluding hydrogens is 344 g/mol. The lowest BCUT2D eigenvalue weighted by atomic mass is 10.0. The standard InChI is InChI=1S/C21H16N2O4/c1-12-5-3-4-6-16(12)23-11-14(7-10-18(23)24)20(25)15-8-9-17-19(21(15)26)22-13(2)27-17/h3-11,26H,1-2H3. The number of nitrogens with zero attached hydrogens (tertiary/aromatic N) is 2. The van der Waals surface area contributed by atoms with Crippen LogP contribution in [0.3, 0.4) is 0 Å². The molecule has 2 heterocycles. The fraction of sp³-hybridized carbons (Fsp3) is 0.0952. The highest BCUT2D eigenvalue weighted by atomic mass is 16.3. The smallest absolute Gasteiger partial charge is 0.255 e. The van der Waals surface area contributed by atoms with Gasteiger partial charge < -0.3 is 9.52 Å². The molecule has 0 aliphatic heterocycles. The first-order valence-corrected chi connectivity index (χ1v) is 8.38. The first kappa shape index (κ1) is 16.8. The van der Waals surface area contributed by atoms with Gasteiger partial charge in [-0.25, -0.2) is 4.98 Å². The number of aromatic hydroxyl groups is 1. The molecule has 0 atom stereocenters. The van der Waals surface area contributed by atoms with E-state index >= 15 is 0 Å². The second-order valence-corrected chi connectivity index (χ2v) is 6.28. The lowest BCUT2D eigenvalue weighted by molar-refractivity contribution is 0.103. The molecule has 134 valence electrons. The second-order valence-electron chi connectivity index (χ2n) is 6.28. The molecule has 4 aromatic rings. The Balaban J connectivity index is 1.84. The fourth-order valence-corrected chi connectivity index (χ4v) is 3.07. The van der Waals surface area contributed by atoms with Crippen molar-refractivity contribution in [2.75, 3.05) is 0 Å². The highest BCUT2D eigenvalue weighted by Crippen LogP contribution is 2.30. The van der Waals surface area contributed by atoms with Crippen LogP contribution < -0.4 is 5.56 Å². The van der Waals surface area contributed by atoms with Crippen LogP contribution in [0, 0.1) is 13.8 Å². The maximum absolute atomic E-state index is 13.0. The minimum atomic E-state index is -0.405. The number of hydrogen-bond acceptors (Lipinski definition) is 5. The third-order valence-electron chi connectivity index (χ3n) is 4.43. The van der Waals surface area contributed by atoms with Crippen molar-refractivity contribution in [2.24, 2.45) is 0 Å². The van der Waals surface area contributed by atoms with E-state index in [1.807, 2.05) is 31.2 Å². The van der Waals surface area contributed by atoms with Crippen LogP contribution in [-0.2, 0) is 0 Å². The molecule has 6 heteroatoms. The third-order valence-corrected chi connectivity index (χ3v) is 4.43. The predicted molar refractivity (Wildman–Crippen MR) is 101 cm³/mol. The van der Waals surface area contributed by atoms with Gasteiger partial charge in [-0.2, -0.15) is 0 Å². The van der Waals surface area contributed by atoms with Crippen molar-refractivity contribution < 1.29 is 14.3 Å². The van der Waals surface area contributed by atoms with E-state index < -0.39 is 5.78 Å². The number of aryl methyl sites for hydroxylation is 2. The lowest BCUT2D eigenvalue weighted by Gasteiger charge is -2.11. The molecule has 27 heavy (non-hydrogen) atoms. The maximum Gasteiger partial charge on any atom is 0.255 e. The minimum Gasteiger partial charge on any atom is -0.505 e. The number of carbonyl (C=O) groups is 1. The van der Waals surface area contributed by atoms with Crippen LogP contribution in [0.25, 0.3) is 16.8 Å². The number of oxazole rings is 1.